The quantitative estimate of drug-likeness (QED) is 0.143. The van der Waals surface area contributed by atoms with Crippen molar-refractivity contribution in [1.82, 2.24) is 31.2 Å². The molecule has 2 aliphatic heterocycles. The van der Waals surface area contributed by atoms with E-state index in [2.05, 4.69) is 27.3 Å². The summed E-state index contributed by atoms with van der Waals surface area (Å²) in [6.45, 7) is 2.00. The molecule has 0 saturated carbocycles. The van der Waals surface area contributed by atoms with Gasteiger partial charge in [-0.05, 0) is 49.8 Å². The summed E-state index contributed by atoms with van der Waals surface area (Å²) >= 11 is 14.3. The first kappa shape index (κ1) is 33.5. The monoisotopic (exact) mass is 698 g/mol. The zero-order valence-corrected chi connectivity index (χ0v) is 29.0. The lowest BCUT2D eigenvalue weighted by atomic mass is 9.89. The number of aryl methyl sites for hydroxylation is 1. The van der Waals surface area contributed by atoms with E-state index in [1.54, 1.807) is 7.11 Å². The lowest BCUT2D eigenvalue weighted by Crippen LogP contribution is -2.38. The average Bonchev–Trinajstić information content (AvgIpc) is 3.74. The molecule has 49 heavy (non-hydrogen) atoms. The summed E-state index contributed by atoms with van der Waals surface area (Å²) in [6, 6.07) is 18.5. The Bertz CT molecular complexity index is 1880. The number of carbonyl (C=O) groups excluding carboxylic acids is 2. The number of aromatic nitrogens is 2. The summed E-state index contributed by atoms with van der Waals surface area (Å²) in [5.74, 6) is 0.757. The molecule has 2 saturated heterocycles. The van der Waals surface area contributed by atoms with Gasteiger partial charge in [-0.15, -0.1) is 0 Å². The van der Waals surface area contributed by atoms with Gasteiger partial charge in [-0.2, -0.15) is 0 Å². The molecule has 0 radical (unpaired) electrons. The predicted octanol–water partition coefficient (Wildman–Crippen LogP) is 6.41. The number of hydrogen-bond donors (Lipinski definition) is 4. The minimum Gasteiger partial charge on any atom is -0.481 e. The third-order valence-corrected chi connectivity index (χ3v) is 10.6. The van der Waals surface area contributed by atoms with Crippen LogP contribution in [0.5, 0.6) is 5.88 Å². The number of rotatable bonds is 11. The molecule has 2 amide bonds. The molecular weight excluding hydrogens is 659 g/mol. The second-order valence-electron chi connectivity index (χ2n) is 13.1. The van der Waals surface area contributed by atoms with Crippen molar-refractivity contribution in [2.45, 2.75) is 69.6 Å². The molecule has 0 spiro atoms. The maximum absolute atomic E-state index is 11.6. The zero-order chi connectivity index (χ0) is 33.9. The van der Waals surface area contributed by atoms with Gasteiger partial charge >= 0.3 is 0 Å². The molecule has 2 aromatic carbocycles. The molecule has 4 heterocycles. The largest absolute Gasteiger partial charge is 0.481 e. The van der Waals surface area contributed by atoms with Crippen molar-refractivity contribution < 1.29 is 14.3 Å². The summed E-state index contributed by atoms with van der Waals surface area (Å²) in [4.78, 5) is 32.9. The molecule has 0 bridgehead atoms. The van der Waals surface area contributed by atoms with Gasteiger partial charge < -0.3 is 26.0 Å². The molecule has 1 aliphatic carbocycles. The molecule has 3 atom stereocenters. The van der Waals surface area contributed by atoms with Crippen molar-refractivity contribution in [3.05, 3.63) is 87.7 Å². The maximum atomic E-state index is 11.6. The summed E-state index contributed by atoms with van der Waals surface area (Å²) in [5.41, 5.74) is 8.19. The number of nitrogens with one attached hydrogen (secondary N) is 4. The first-order valence-electron chi connectivity index (χ1n) is 17.0. The summed E-state index contributed by atoms with van der Waals surface area (Å²) in [7, 11) is 1.61. The van der Waals surface area contributed by atoms with Gasteiger partial charge in [-0.3, -0.25) is 14.6 Å². The van der Waals surface area contributed by atoms with E-state index < -0.39 is 0 Å². The van der Waals surface area contributed by atoms with Gasteiger partial charge in [-0.25, -0.2) is 4.98 Å². The van der Waals surface area contributed by atoms with Crippen molar-refractivity contribution >= 4 is 35.0 Å². The smallest absolute Gasteiger partial charge is 0.220 e. The zero-order valence-electron chi connectivity index (χ0n) is 27.5. The van der Waals surface area contributed by atoms with Crippen LogP contribution in [0.25, 0.3) is 33.5 Å². The fourth-order valence-electron chi connectivity index (χ4n) is 7.17. The third kappa shape index (κ3) is 7.31. The van der Waals surface area contributed by atoms with Crippen molar-refractivity contribution in [2.24, 2.45) is 0 Å². The van der Waals surface area contributed by atoms with E-state index in [0.29, 0.717) is 47.6 Å². The molecule has 4 aromatic rings. The van der Waals surface area contributed by atoms with E-state index in [4.69, 9.17) is 37.9 Å². The molecule has 2 fully saturated rings. The highest BCUT2D eigenvalue weighted by atomic mass is 35.5. The minimum atomic E-state index is 0.105. The second kappa shape index (κ2) is 14.8. The highest BCUT2D eigenvalue weighted by molar-refractivity contribution is 6.39. The highest BCUT2D eigenvalue weighted by Crippen LogP contribution is 2.43. The Morgan fingerprint density at radius 3 is 2.20 bits per heavy atom. The molecule has 2 aromatic heterocycles. The number of fused-ring (bicyclic) bond motifs is 1. The Kier molecular flexibility index (Phi) is 10.1. The van der Waals surface area contributed by atoms with Crippen LogP contribution in [0.3, 0.4) is 0 Å². The van der Waals surface area contributed by atoms with Crippen molar-refractivity contribution in [1.29, 1.82) is 0 Å². The van der Waals surface area contributed by atoms with E-state index >= 15 is 0 Å². The van der Waals surface area contributed by atoms with Gasteiger partial charge in [0.15, 0.2) is 0 Å². The molecule has 9 nitrogen and oxygen atoms in total. The van der Waals surface area contributed by atoms with E-state index in [-0.39, 0.29) is 29.9 Å². The minimum absolute atomic E-state index is 0.105. The lowest BCUT2D eigenvalue weighted by molar-refractivity contribution is -0.120. The standard InChI is InChI=1S/C38H40Cl2N6O3/c1-49-38-23(18-41-20-25-12-15-33(47)44-25)11-14-31(46-38)30-9-4-8-29(36(30)40)28-7-3-6-27(35(28)39)24-17-22-5-2-10-32(37(22)43-19-24)42-21-26-13-16-34(48)45-26/h3-4,6-9,11,14,17,19,25-26,32,41-42H,2,5,10,12-13,15-16,18,20-21H2,1H3,(H,44,47)(H,45,48)/t25-,26+,32-/m1/s1. The van der Waals surface area contributed by atoms with Crippen LogP contribution in [0.1, 0.15) is 61.4 Å². The first-order chi connectivity index (χ1) is 23.9. The van der Waals surface area contributed by atoms with Crippen molar-refractivity contribution in [3.63, 3.8) is 0 Å². The van der Waals surface area contributed by atoms with Crippen LogP contribution in [-0.4, -0.2) is 54.1 Å². The third-order valence-electron chi connectivity index (χ3n) is 9.76. The summed E-state index contributed by atoms with van der Waals surface area (Å²) < 4.78 is 5.66. The van der Waals surface area contributed by atoms with Gasteiger partial charge in [0.05, 0.1) is 28.5 Å². The molecule has 0 unspecified atom stereocenters. The van der Waals surface area contributed by atoms with Crippen LogP contribution in [0.4, 0.5) is 0 Å². The predicted molar refractivity (Wildman–Crippen MR) is 193 cm³/mol. The van der Waals surface area contributed by atoms with Gasteiger partial charge in [-0.1, -0.05) is 65.7 Å². The van der Waals surface area contributed by atoms with E-state index in [0.717, 1.165) is 77.7 Å². The van der Waals surface area contributed by atoms with E-state index in [9.17, 15) is 9.59 Å². The lowest BCUT2D eigenvalue weighted by Gasteiger charge is -2.27. The van der Waals surface area contributed by atoms with Gasteiger partial charge in [0, 0.05) is 90.2 Å². The average molecular weight is 700 g/mol. The SMILES string of the molecule is COc1nc(-c2cccc(-c3cccc(-c4cnc5c(c4)CCC[C@H]5NC[C@@H]4CCC(=O)N4)c3Cl)c2Cl)ccc1CNC[C@H]1CCC(=O)N1. The van der Waals surface area contributed by atoms with Crippen molar-refractivity contribution in [3.8, 4) is 39.4 Å². The molecule has 11 heteroatoms. The molecule has 4 N–H and O–H groups in total. The van der Waals surface area contributed by atoms with Crippen LogP contribution < -0.4 is 26.0 Å². The maximum Gasteiger partial charge on any atom is 0.220 e. The second-order valence-corrected chi connectivity index (χ2v) is 13.8. The Balaban J connectivity index is 1.10. The van der Waals surface area contributed by atoms with E-state index in [1.807, 2.05) is 54.7 Å². The first-order valence-corrected chi connectivity index (χ1v) is 17.8. The number of benzene rings is 2. The number of ether oxygens (including phenoxy) is 1. The Hall–Kier alpha value is -4.02. The van der Waals surface area contributed by atoms with Gasteiger partial charge in [0.25, 0.3) is 0 Å². The Morgan fingerprint density at radius 2 is 1.51 bits per heavy atom. The Labute approximate surface area is 296 Å². The van der Waals surface area contributed by atoms with Crippen LogP contribution in [0, 0.1) is 0 Å². The highest BCUT2D eigenvalue weighted by Gasteiger charge is 2.26. The fourth-order valence-corrected chi connectivity index (χ4v) is 7.83. The van der Waals surface area contributed by atoms with Crippen LogP contribution in [-0.2, 0) is 22.6 Å². The number of methoxy groups -OCH3 is 1. The Morgan fingerprint density at radius 1 is 0.837 bits per heavy atom. The summed E-state index contributed by atoms with van der Waals surface area (Å²) in [5, 5.41) is 14.2. The summed E-state index contributed by atoms with van der Waals surface area (Å²) in [6.07, 6.45) is 7.86. The molecular formula is C38H40Cl2N6O3. The number of nitrogens with zero attached hydrogens (tertiary/aromatic N) is 2. The number of pyridine rings is 2. The number of hydrogen-bond acceptors (Lipinski definition) is 7. The fraction of sp³-hybridized carbons (Fsp3) is 0.368. The number of amides is 2. The van der Waals surface area contributed by atoms with Crippen LogP contribution in [0.15, 0.2) is 60.8 Å². The topological polar surface area (TPSA) is 117 Å². The molecule has 7 rings (SSSR count). The van der Waals surface area contributed by atoms with Gasteiger partial charge in [0.1, 0.15) is 0 Å². The van der Waals surface area contributed by atoms with Crippen molar-refractivity contribution in [2.75, 3.05) is 20.2 Å². The van der Waals surface area contributed by atoms with Gasteiger partial charge in [0.2, 0.25) is 17.7 Å². The van der Waals surface area contributed by atoms with Crippen LogP contribution >= 0.6 is 23.2 Å². The number of carbonyl (C=O) groups is 2. The van der Waals surface area contributed by atoms with Crippen LogP contribution in [0.2, 0.25) is 10.0 Å². The molecule has 254 valence electrons. The number of halogens is 2. The normalized spacial score (nSPS) is 20.2. The van der Waals surface area contributed by atoms with E-state index in [1.165, 1.54) is 5.56 Å². The molecule has 3 aliphatic rings.